The molecule has 3 rings (SSSR count). The largest absolute Gasteiger partial charge is 0.381 e. The number of hydrogen-bond donors (Lipinski definition) is 0. The average molecular weight is 219 g/mol. The first-order valence-corrected chi connectivity index (χ1v) is 5.95. The zero-order chi connectivity index (χ0) is 11.0. The number of aromatic nitrogens is 2. The molecule has 0 amide bonds. The van der Waals surface area contributed by atoms with Crippen LogP contribution in [0.1, 0.15) is 25.7 Å². The standard InChI is InChI=1S/C12H17N3O/c1-16-11-6-9-2-3-10(7-11)15(9)12-8-13-4-5-14-12/h4-5,8-11H,2-3,6-7H2,1H3. The van der Waals surface area contributed by atoms with Crippen LogP contribution in [0.3, 0.4) is 0 Å². The molecule has 86 valence electrons. The molecular weight excluding hydrogens is 202 g/mol. The molecule has 2 aliphatic rings. The van der Waals surface area contributed by atoms with Crippen molar-refractivity contribution in [1.29, 1.82) is 0 Å². The minimum atomic E-state index is 0.436. The van der Waals surface area contributed by atoms with E-state index < -0.39 is 0 Å². The molecule has 0 aliphatic carbocycles. The van der Waals surface area contributed by atoms with Gasteiger partial charge in [-0.25, -0.2) is 4.98 Å². The van der Waals surface area contributed by atoms with Gasteiger partial charge in [-0.1, -0.05) is 0 Å². The monoisotopic (exact) mass is 219 g/mol. The van der Waals surface area contributed by atoms with Gasteiger partial charge in [0.1, 0.15) is 5.82 Å². The van der Waals surface area contributed by atoms with Crippen LogP contribution in [0.2, 0.25) is 0 Å². The van der Waals surface area contributed by atoms with Crippen molar-refractivity contribution in [2.45, 2.75) is 43.9 Å². The molecule has 4 heteroatoms. The maximum atomic E-state index is 5.49. The van der Waals surface area contributed by atoms with Crippen molar-refractivity contribution >= 4 is 5.82 Å². The Morgan fingerprint density at radius 1 is 1.25 bits per heavy atom. The molecule has 2 bridgehead atoms. The molecule has 0 saturated carbocycles. The van der Waals surface area contributed by atoms with Gasteiger partial charge in [0.25, 0.3) is 0 Å². The van der Waals surface area contributed by atoms with Gasteiger partial charge in [0.15, 0.2) is 0 Å². The summed E-state index contributed by atoms with van der Waals surface area (Å²) in [7, 11) is 1.82. The smallest absolute Gasteiger partial charge is 0.147 e. The van der Waals surface area contributed by atoms with Crippen molar-refractivity contribution in [1.82, 2.24) is 9.97 Å². The average Bonchev–Trinajstić information content (AvgIpc) is 2.61. The third kappa shape index (κ3) is 1.57. The summed E-state index contributed by atoms with van der Waals surface area (Å²) >= 11 is 0. The molecule has 1 aromatic rings. The van der Waals surface area contributed by atoms with Crippen LogP contribution in [0, 0.1) is 0 Å². The molecular formula is C12H17N3O. The van der Waals surface area contributed by atoms with Crippen molar-refractivity contribution in [3.05, 3.63) is 18.6 Å². The van der Waals surface area contributed by atoms with Crippen LogP contribution in [0.4, 0.5) is 5.82 Å². The lowest BCUT2D eigenvalue weighted by atomic mass is 10.00. The Morgan fingerprint density at radius 2 is 2.00 bits per heavy atom. The molecule has 4 nitrogen and oxygen atoms in total. The van der Waals surface area contributed by atoms with Crippen LogP contribution < -0.4 is 4.90 Å². The van der Waals surface area contributed by atoms with Gasteiger partial charge in [-0.2, -0.15) is 0 Å². The molecule has 0 N–H and O–H groups in total. The highest BCUT2D eigenvalue weighted by molar-refractivity contribution is 5.41. The van der Waals surface area contributed by atoms with Gasteiger partial charge in [0.05, 0.1) is 12.3 Å². The second-order valence-electron chi connectivity index (χ2n) is 4.68. The Hall–Kier alpha value is -1.16. The molecule has 3 heterocycles. The van der Waals surface area contributed by atoms with E-state index in [1.54, 1.807) is 12.4 Å². The number of hydrogen-bond acceptors (Lipinski definition) is 4. The highest BCUT2D eigenvalue weighted by Gasteiger charge is 2.41. The van der Waals surface area contributed by atoms with Gasteiger partial charge in [-0.3, -0.25) is 4.98 Å². The van der Waals surface area contributed by atoms with Crippen LogP contribution >= 0.6 is 0 Å². The van der Waals surface area contributed by atoms with E-state index in [9.17, 15) is 0 Å². The van der Waals surface area contributed by atoms with E-state index in [1.807, 2.05) is 13.3 Å². The zero-order valence-electron chi connectivity index (χ0n) is 9.54. The predicted molar refractivity (Wildman–Crippen MR) is 61.4 cm³/mol. The molecule has 0 radical (unpaired) electrons. The SMILES string of the molecule is COC1CC2CCC(C1)N2c1cnccn1. The molecule has 0 spiro atoms. The highest BCUT2D eigenvalue weighted by Crippen LogP contribution is 2.38. The summed E-state index contributed by atoms with van der Waals surface area (Å²) in [6, 6.07) is 1.20. The lowest BCUT2D eigenvalue weighted by molar-refractivity contribution is 0.0682. The summed E-state index contributed by atoms with van der Waals surface area (Å²) in [6.07, 6.45) is 10.6. The Bertz CT molecular complexity index is 343. The lowest BCUT2D eigenvalue weighted by Crippen LogP contribution is -2.45. The number of methoxy groups -OCH3 is 1. The van der Waals surface area contributed by atoms with E-state index in [2.05, 4.69) is 14.9 Å². The summed E-state index contributed by atoms with van der Waals surface area (Å²) in [5.74, 6) is 1.03. The third-order valence-corrected chi connectivity index (χ3v) is 3.84. The van der Waals surface area contributed by atoms with Crippen molar-refractivity contribution in [3.8, 4) is 0 Å². The first-order chi connectivity index (χ1) is 7.88. The van der Waals surface area contributed by atoms with E-state index >= 15 is 0 Å². The fourth-order valence-corrected chi connectivity index (χ4v) is 3.12. The fraction of sp³-hybridized carbons (Fsp3) is 0.667. The topological polar surface area (TPSA) is 38.2 Å². The molecule has 2 fully saturated rings. The molecule has 2 saturated heterocycles. The summed E-state index contributed by atoms with van der Waals surface area (Å²) < 4.78 is 5.49. The molecule has 2 unspecified atom stereocenters. The predicted octanol–water partition coefficient (Wildman–Crippen LogP) is 1.62. The number of nitrogens with zero attached hydrogens (tertiary/aromatic N) is 3. The van der Waals surface area contributed by atoms with E-state index in [4.69, 9.17) is 4.74 Å². The number of anilines is 1. The van der Waals surface area contributed by atoms with Gasteiger partial charge in [0, 0.05) is 31.6 Å². The molecule has 16 heavy (non-hydrogen) atoms. The van der Waals surface area contributed by atoms with Crippen molar-refractivity contribution in [2.24, 2.45) is 0 Å². The number of rotatable bonds is 2. The Morgan fingerprint density at radius 3 is 2.56 bits per heavy atom. The summed E-state index contributed by atoms with van der Waals surface area (Å²) in [4.78, 5) is 11.0. The van der Waals surface area contributed by atoms with E-state index in [0.29, 0.717) is 18.2 Å². The van der Waals surface area contributed by atoms with Crippen molar-refractivity contribution in [3.63, 3.8) is 0 Å². The Balaban J connectivity index is 1.84. The first-order valence-electron chi connectivity index (χ1n) is 5.95. The molecule has 2 atom stereocenters. The van der Waals surface area contributed by atoms with Gasteiger partial charge < -0.3 is 9.64 Å². The lowest BCUT2D eigenvalue weighted by Gasteiger charge is -2.38. The molecule has 2 aliphatic heterocycles. The number of fused-ring (bicyclic) bond motifs is 2. The van der Waals surface area contributed by atoms with E-state index in [0.717, 1.165) is 18.7 Å². The van der Waals surface area contributed by atoms with Gasteiger partial charge in [-0.05, 0) is 25.7 Å². The van der Waals surface area contributed by atoms with Crippen LogP contribution in [0.5, 0.6) is 0 Å². The Labute approximate surface area is 95.7 Å². The van der Waals surface area contributed by atoms with E-state index in [1.165, 1.54) is 12.8 Å². The van der Waals surface area contributed by atoms with E-state index in [-0.39, 0.29) is 0 Å². The maximum Gasteiger partial charge on any atom is 0.147 e. The zero-order valence-corrected chi connectivity index (χ0v) is 9.54. The normalized spacial score (nSPS) is 33.1. The van der Waals surface area contributed by atoms with Gasteiger partial charge in [-0.15, -0.1) is 0 Å². The molecule has 1 aromatic heterocycles. The van der Waals surface area contributed by atoms with Crippen LogP contribution in [-0.2, 0) is 4.74 Å². The molecule has 0 aromatic carbocycles. The third-order valence-electron chi connectivity index (χ3n) is 3.84. The summed E-state index contributed by atoms with van der Waals surface area (Å²) in [5, 5.41) is 0. The quantitative estimate of drug-likeness (QED) is 0.757. The summed E-state index contributed by atoms with van der Waals surface area (Å²) in [5.41, 5.74) is 0. The minimum absolute atomic E-state index is 0.436. The second-order valence-corrected chi connectivity index (χ2v) is 4.68. The minimum Gasteiger partial charge on any atom is -0.381 e. The van der Waals surface area contributed by atoms with Crippen molar-refractivity contribution in [2.75, 3.05) is 12.0 Å². The van der Waals surface area contributed by atoms with Crippen LogP contribution in [0.25, 0.3) is 0 Å². The maximum absolute atomic E-state index is 5.49. The fourth-order valence-electron chi connectivity index (χ4n) is 3.12. The van der Waals surface area contributed by atoms with Crippen LogP contribution in [0.15, 0.2) is 18.6 Å². The van der Waals surface area contributed by atoms with Crippen molar-refractivity contribution < 1.29 is 4.74 Å². The first kappa shape index (κ1) is 10.0. The summed E-state index contributed by atoms with van der Waals surface area (Å²) in [6.45, 7) is 0. The number of ether oxygens (including phenoxy) is 1. The Kier molecular flexibility index (Phi) is 2.52. The number of piperidine rings is 1. The second kappa shape index (κ2) is 4.01. The van der Waals surface area contributed by atoms with Gasteiger partial charge >= 0.3 is 0 Å². The van der Waals surface area contributed by atoms with Gasteiger partial charge in [0.2, 0.25) is 0 Å². The highest BCUT2D eigenvalue weighted by atomic mass is 16.5. The van der Waals surface area contributed by atoms with Crippen LogP contribution in [-0.4, -0.2) is 35.3 Å².